The van der Waals surface area contributed by atoms with Gasteiger partial charge in [0.15, 0.2) is 5.76 Å². The number of furan rings is 1. The molecular weight excluding hydrogens is 432 g/mol. The Hall–Kier alpha value is -4.67. The van der Waals surface area contributed by atoms with Gasteiger partial charge in [-0.25, -0.2) is 0 Å². The summed E-state index contributed by atoms with van der Waals surface area (Å²) in [5, 5.41) is 13.2. The maximum Gasteiger partial charge on any atom is 0.305 e. The van der Waals surface area contributed by atoms with Gasteiger partial charge in [0, 0.05) is 17.7 Å². The molecule has 0 saturated carbocycles. The molecule has 0 spiro atoms. The summed E-state index contributed by atoms with van der Waals surface area (Å²) in [6.07, 6.45) is 0. The highest BCUT2D eigenvalue weighted by molar-refractivity contribution is 5.98. The fourth-order valence-electron chi connectivity index (χ4n) is 2.64. The first kappa shape index (κ1) is 23.0. The second kappa shape index (κ2) is 10.6. The van der Waals surface area contributed by atoms with E-state index in [1.165, 1.54) is 31.2 Å². The fraction of sp³-hybridized carbons (Fsp3) is 0.136. The van der Waals surface area contributed by atoms with Gasteiger partial charge in [0.05, 0.1) is 4.92 Å². The van der Waals surface area contributed by atoms with Gasteiger partial charge < -0.3 is 14.5 Å². The first-order valence-corrected chi connectivity index (χ1v) is 9.75. The lowest BCUT2D eigenvalue weighted by Gasteiger charge is -2.14. The summed E-state index contributed by atoms with van der Waals surface area (Å²) in [6.45, 7) is 1.51. The quantitative estimate of drug-likeness (QED) is 0.350. The highest BCUT2D eigenvalue weighted by Crippen LogP contribution is 2.14. The molecule has 3 N–H and O–H groups in total. The lowest BCUT2D eigenvalue weighted by molar-refractivity contribution is -0.384. The van der Waals surface area contributed by atoms with Gasteiger partial charge in [-0.05, 0) is 37.3 Å². The van der Waals surface area contributed by atoms with E-state index >= 15 is 0 Å². The number of benzene rings is 2. The molecule has 3 rings (SSSR count). The molecule has 0 bridgehead atoms. The normalized spacial score (nSPS) is 11.2. The number of hydrazine groups is 1. The van der Waals surface area contributed by atoms with Crippen LogP contribution in [0.3, 0.4) is 0 Å². The highest BCUT2D eigenvalue weighted by Gasteiger charge is 2.19. The van der Waals surface area contributed by atoms with E-state index in [-0.39, 0.29) is 23.6 Å². The minimum Gasteiger partial charge on any atom is -0.486 e. The summed E-state index contributed by atoms with van der Waals surface area (Å²) in [7, 11) is 0. The van der Waals surface area contributed by atoms with Crippen molar-refractivity contribution in [3.63, 3.8) is 0 Å². The Morgan fingerprint density at radius 2 is 1.76 bits per heavy atom. The van der Waals surface area contributed by atoms with Crippen LogP contribution in [0.5, 0.6) is 5.75 Å². The summed E-state index contributed by atoms with van der Waals surface area (Å²) in [6, 6.07) is 16.1. The van der Waals surface area contributed by atoms with Crippen LogP contribution in [0.2, 0.25) is 0 Å². The van der Waals surface area contributed by atoms with E-state index in [9.17, 15) is 24.5 Å². The lowest BCUT2D eigenvalue weighted by atomic mass is 10.2. The van der Waals surface area contributed by atoms with Crippen molar-refractivity contribution in [1.29, 1.82) is 0 Å². The van der Waals surface area contributed by atoms with Crippen molar-refractivity contribution >= 4 is 23.4 Å². The molecule has 3 amide bonds. The van der Waals surface area contributed by atoms with E-state index in [0.717, 1.165) is 6.07 Å². The Labute approximate surface area is 187 Å². The third-order valence-corrected chi connectivity index (χ3v) is 4.37. The number of hydrogen-bond donors (Lipinski definition) is 3. The van der Waals surface area contributed by atoms with Gasteiger partial charge in [0.25, 0.3) is 17.5 Å². The number of non-ortho nitro benzene ring substituents is 1. The zero-order valence-corrected chi connectivity index (χ0v) is 17.4. The number of rotatable bonds is 8. The van der Waals surface area contributed by atoms with Crippen molar-refractivity contribution < 1.29 is 28.5 Å². The smallest absolute Gasteiger partial charge is 0.305 e. The minimum absolute atomic E-state index is 0.0220. The molecule has 1 atom stereocenters. The molecule has 2 aromatic carbocycles. The molecule has 11 heteroatoms. The maximum atomic E-state index is 12.2. The molecule has 3 aromatic rings. The summed E-state index contributed by atoms with van der Waals surface area (Å²) in [5.74, 6) is -1.08. The van der Waals surface area contributed by atoms with Crippen LogP contribution in [0.4, 0.5) is 5.69 Å². The van der Waals surface area contributed by atoms with Gasteiger partial charge in [-0.3, -0.25) is 35.3 Å². The summed E-state index contributed by atoms with van der Waals surface area (Å²) in [5.41, 5.74) is 4.14. The molecule has 1 unspecified atom stereocenters. The third-order valence-electron chi connectivity index (χ3n) is 4.37. The van der Waals surface area contributed by atoms with Crippen molar-refractivity contribution in [2.45, 2.75) is 19.6 Å². The average Bonchev–Trinajstić information content (AvgIpc) is 3.31. The van der Waals surface area contributed by atoms with Crippen LogP contribution in [0.1, 0.15) is 33.6 Å². The van der Waals surface area contributed by atoms with E-state index in [1.54, 1.807) is 18.2 Å². The van der Waals surface area contributed by atoms with Gasteiger partial charge in [0.2, 0.25) is 0 Å². The Balaban J connectivity index is 1.47. The number of carbonyl (C=O) groups excluding carboxylic acids is 3. The van der Waals surface area contributed by atoms with Gasteiger partial charge in [-0.15, -0.1) is 0 Å². The standard InChI is InChI=1S/C22H20N4O7/c1-14(23-21(28)15-6-5-7-16(12-15)26(30)31)20(27)24-25-22(29)19-11-10-18(33-19)13-32-17-8-3-2-4-9-17/h2-12,14H,13H2,1H3,(H,23,28)(H,24,27)(H,25,29). The van der Waals surface area contributed by atoms with E-state index in [4.69, 9.17) is 9.15 Å². The van der Waals surface area contributed by atoms with Gasteiger partial charge >= 0.3 is 5.91 Å². The van der Waals surface area contributed by atoms with Gasteiger partial charge in [-0.2, -0.15) is 0 Å². The minimum atomic E-state index is -1.04. The molecule has 0 fully saturated rings. The molecule has 0 aliphatic carbocycles. The summed E-state index contributed by atoms with van der Waals surface area (Å²) >= 11 is 0. The van der Waals surface area contributed by atoms with Crippen LogP contribution in [0.25, 0.3) is 0 Å². The van der Waals surface area contributed by atoms with Gasteiger partial charge in [0.1, 0.15) is 24.2 Å². The SMILES string of the molecule is CC(NC(=O)c1cccc([N+](=O)[O-])c1)C(=O)NNC(=O)c1ccc(COc2ccccc2)o1. The zero-order chi connectivity index (χ0) is 23.8. The molecule has 0 aliphatic heterocycles. The maximum absolute atomic E-state index is 12.2. The Bertz CT molecular complexity index is 1160. The Morgan fingerprint density at radius 3 is 2.48 bits per heavy atom. The highest BCUT2D eigenvalue weighted by atomic mass is 16.6. The predicted molar refractivity (Wildman–Crippen MR) is 115 cm³/mol. The Morgan fingerprint density at radius 1 is 1.00 bits per heavy atom. The van der Waals surface area contributed by atoms with Crippen LogP contribution in [-0.4, -0.2) is 28.7 Å². The van der Waals surface area contributed by atoms with Crippen LogP contribution < -0.4 is 20.9 Å². The van der Waals surface area contributed by atoms with E-state index in [2.05, 4.69) is 16.2 Å². The van der Waals surface area contributed by atoms with Gasteiger partial charge in [-0.1, -0.05) is 24.3 Å². The monoisotopic (exact) mass is 452 g/mol. The van der Waals surface area contributed by atoms with Crippen LogP contribution >= 0.6 is 0 Å². The largest absolute Gasteiger partial charge is 0.486 e. The van der Waals surface area contributed by atoms with Crippen LogP contribution in [0, 0.1) is 10.1 Å². The second-order valence-electron chi connectivity index (χ2n) is 6.81. The van der Waals surface area contributed by atoms with Crippen LogP contribution in [-0.2, 0) is 11.4 Å². The Kier molecular flexibility index (Phi) is 7.37. The van der Waals surface area contributed by atoms with Crippen molar-refractivity contribution in [2.24, 2.45) is 0 Å². The molecular formula is C22H20N4O7. The zero-order valence-electron chi connectivity index (χ0n) is 17.4. The summed E-state index contributed by atoms with van der Waals surface area (Å²) < 4.78 is 10.9. The van der Waals surface area contributed by atoms with Crippen molar-refractivity contribution in [2.75, 3.05) is 0 Å². The first-order valence-electron chi connectivity index (χ1n) is 9.75. The number of nitrogens with one attached hydrogen (secondary N) is 3. The number of amides is 3. The van der Waals surface area contributed by atoms with E-state index in [1.807, 2.05) is 18.2 Å². The summed E-state index contributed by atoms with van der Waals surface area (Å²) in [4.78, 5) is 46.8. The number of nitro groups is 1. The molecule has 1 heterocycles. The van der Waals surface area contributed by atoms with E-state index < -0.39 is 28.7 Å². The topological polar surface area (TPSA) is 153 Å². The number of para-hydroxylation sites is 1. The number of carbonyl (C=O) groups is 3. The van der Waals surface area contributed by atoms with Crippen molar-refractivity contribution in [3.05, 3.63) is 93.9 Å². The predicted octanol–water partition coefficient (Wildman–Crippen LogP) is 2.35. The molecule has 1 aromatic heterocycles. The van der Waals surface area contributed by atoms with E-state index in [0.29, 0.717) is 11.5 Å². The number of hydrogen-bond acceptors (Lipinski definition) is 7. The molecule has 170 valence electrons. The molecule has 11 nitrogen and oxygen atoms in total. The number of ether oxygens (including phenoxy) is 1. The molecule has 33 heavy (non-hydrogen) atoms. The molecule has 0 aliphatic rings. The molecule has 0 radical (unpaired) electrons. The third kappa shape index (κ3) is 6.40. The number of nitrogens with zero attached hydrogens (tertiary/aromatic N) is 1. The number of nitro benzene ring substituents is 1. The average molecular weight is 452 g/mol. The first-order chi connectivity index (χ1) is 15.8. The molecule has 0 saturated heterocycles. The fourth-order valence-corrected chi connectivity index (χ4v) is 2.64. The van der Waals surface area contributed by atoms with Crippen LogP contribution in [0.15, 0.2) is 71.1 Å². The van der Waals surface area contributed by atoms with Crippen molar-refractivity contribution in [3.8, 4) is 5.75 Å². The second-order valence-corrected chi connectivity index (χ2v) is 6.81. The lowest BCUT2D eigenvalue weighted by Crippen LogP contribution is -2.51. The van der Waals surface area contributed by atoms with Crippen molar-refractivity contribution in [1.82, 2.24) is 16.2 Å².